The van der Waals surface area contributed by atoms with Crippen LogP contribution in [0.25, 0.3) is 5.82 Å². The first-order valence-electron chi connectivity index (χ1n) is 12.1. The number of amides is 1. The predicted octanol–water partition coefficient (Wildman–Crippen LogP) is 2.72. The monoisotopic (exact) mass is 567 g/mol. The maximum atomic E-state index is 13.0. The zero-order valence-electron chi connectivity index (χ0n) is 21.9. The van der Waals surface area contributed by atoms with E-state index in [-0.39, 0.29) is 23.1 Å². The van der Waals surface area contributed by atoms with Crippen molar-refractivity contribution in [2.75, 3.05) is 25.9 Å². The van der Waals surface area contributed by atoms with Gasteiger partial charge >= 0.3 is 5.97 Å². The van der Waals surface area contributed by atoms with Crippen LogP contribution < -0.4 is 20.6 Å². The van der Waals surface area contributed by atoms with Gasteiger partial charge in [0.05, 0.1) is 24.6 Å². The molecule has 15 heteroatoms. The maximum Gasteiger partial charge on any atom is 0.343 e. The van der Waals surface area contributed by atoms with Crippen LogP contribution in [0.3, 0.4) is 0 Å². The fourth-order valence-electron chi connectivity index (χ4n) is 3.60. The Hall–Kier alpha value is -4.82. The average Bonchev–Trinajstić information content (AvgIpc) is 3.57. The summed E-state index contributed by atoms with van der Waals surface area (Å²) in [6.07, 6.45) is 1.40. The van der Waals surface area contributed by atoms with Gasteiger partial charge in [0.1, 0.15) is 0 Å². The molecule has 2 aromatic carbocycles. The number of hydrogen-bond acceptors (Lipinski definition) is 12. The number of hydrazone groups is 1. The fourth-order valence-corrected chi connectivity index (χ4v) is 3.72. The van der Waals surface area contributed by atoms with Crippen molar-refractivity contribution >= 4 is 35.5 Å². The predicted molar refractivity (Wildman–Crippen MR) is 145 cm³/mol. The topological polar surface area (TPSA) is 176 Å². The molecule has 0 fully saturated rings. The summed E-state index contributed by atoms with van der Waals surface area (Å²) in [5, 5.41) is 19.9. The summed E-state index contributed by atoms with van der Waals surface area (Å²) in [5.41, 5.74) is 9.65. The van der Waals surface area contributed by atoms with Gasteiger partial charge in [-0.15, -0.1) is 5.10 Å². The van der Waals surface area contributed by atoms with Gasteiger partial charge in [-0.2, -0.15) is 9.78 Å². The van der Waals surface area contributed by atoms with Gasteiger partial charge in [-0.25, -0.2) is 14.8 Å². The van der Waals surface area contributed by atoms with E-state index in [1.807, 2.05) is 13.8 Å². The molecule has 4 aromatic rings. The number of nitrogens with one attached hydrogen (secondary N) is 1. The molecule has 0 radical (unpaired) electrons. The minimum absolute atomic E-state index is 0.00640. The molecule has 2 aromatic heterocycles. The summed E-state index contributed by atoms with van der Waals surface area (Å²) in [5.74, 6) is -0.530. The maximum absolute atomic E-state index is 13.0. The molecule has 0 saturated heterocycles. The highest BCUT2D eigenvalue weighted by atomic mass is 35.5. The van der Waals surface area contributed by atoms with Crippen molar-refractivity contribution in [1.82, 2.24) is 35.6 Å². The van der Waals surface area contributed by atoms with Gasteiger partial charge in [-0.05, 0) is 71.4 Å². The van der Waals surface area contributed by atoms with Crippen LogP contribution in [0.15, 0.2) is 52.2 Å². The van der Waals surface area contributed by atoms with Crippen LogP contribution in [-0.2, 0) is 6.54 Å². The molecule has 0 aliphatic heterocycles. The van der Waals surface area contributed by atoms with Crippen LogP contribution >= 0.6 is 11.6 Å². The number of hydrogen-bond donors (Lipinski definition) is 2. The largest absolute Gasteiger partial charge is 0.493 e. The Morgan fingerprint density at radius 1 is 1.15 bits per heavy atom. The van der Waals surface area contributed by atoms with Crippen molar-refractivity contribution in [3.63, 3.8) is 0 Å². The summed E-state index contributed by atoms with van der Waals surface area (Å²) in [6, 6.07) is 11.1. The van der Waals surface area contributed by atoms with E-state index in [0.29, 0.717) is 34.1 Å². The van der Waals surface area contributed by atoms with E-state index < -0.39 is 11.9 Å². The number of nitrogens with zero attached hydrogens (tertiary/aromatic N) is 7. The van der Waals surface area contributed by atoms with E-state index in [2.05, 4.69) is 40.7 Å². The first kappa shape index (κ1) is 28.2. The Kier molecular flexibility index (Phi) is 9.04. The number of nitrogen functional groups attached to an aromatic ring is 1. The third-order valence-corrected chi connectivity index (χ3v) is 6.04. The molecule has 208 valence electrons. The second-order valence-electron chi connectivity index (χ2n) is 8.24. The quantitative estimate of drug-likeness (QED) is 0.118. The van der Waals surface area contributed by atoms with Gasteiger partial charge in [0.2, 0.25) is 11.6 Å². The lowest BCUT2D eigenvalue weighted by Gasteiger charge is -2.18. The molecule has 4 rings (SSSR count). The van der Waals surface area contributed by atoms with E-state index in [0.717, 1.165) is 13.1 Å². The zero-order valence-corrected chi connectivity index (χ0v) is 22.6. The van der Waals surface area contributed by atoms with Crippen LogP contribution in [0.2, 0.25) is 5.02 Å². The highest BCUT2D eigenvalue weighted by molar-refractivity contribution is 6.30. The Morgan fingerprint density at radius 2 is 1.90 bits per heavy atom. The molecule has 0 aliphatic rings. The van der Waals surface area contributed by atoms with E-state index >= 15 is 0 Å². The van der Waals surface area contributed by atoms with Gasteiger partial charge in [-0.3, -0.25) is 9.69 Å². The average molecular weight is 568 g/mol. The Balaban J connectivity index is 1.49. The Morgan fingerprint density at radius 3 is 2.55 bits per heavy atom. The molecule has 14 nitrogen and oxygen atoms in total. The van der Waals surface area contributed by atoms with Gasteiger partial charge in [0, 0.05) is 11.6 Å². The summed E-state index contributed by atoms with van der Waals surface area (Å²) in [4.78, 5) is 27.5. The molecule has 2 heterocycles. The number of aromatic nitrogens is 5. The van der Waals surface area contributed by atoms with Crippen molar-refractivity contribution in [3.05, 3.63) is 70.0 Å². The summed E-state index contributed by atoms with van der Waals surface area (Å²) in [6.45, 7) is 5.77. The summed E-state index contributed by atoms with van der Waals surface area (Å²) >= 11 is 5.87. The third kappa shape index (κ3) is 6.42. The highest BCUT2D eigenvalue weighted by Gasteiger charge is 2.25. The van der Waals surface area contributed by atoms with Gasteiger partial charge in [-0.1, -0.05) is 30.7 Å². The number of anilines is 1. The number of ether oxygens (including phenoxy) is 2. The lowest BCUT2D eigenvalue weighted by Crippen LogP contribution is -2.27. The molecule has 40 heavy (non-hydrogen) atoms. The Bertz CT molecular complexity index is 1510. The number of carbonyl (C=O) groups is 2. The molecule has 0 spiro atoms. The third-order valence-electron chi connectivity index (χ3n) is 5.79. The number of nitrogens with two attached hydrogens (primary N) is 1. The van der Waals surface area contributed by atoms with E-state index in [4.69, 9.17) is 26.8 Å². The minimum atomic E-state index is -0.597. The summed E-state index contributed by atoms with van der Waals surface area (Å²) in [7, 11) is 1.44. The van der Waals surface area contributed by atoms with Crippen molar-refractivity contribution in [2.45, 2.75) is 20.4 Å². The van der Waals surface area contributed by atoms with Crippen LogP contribution in [0.1, 0.15) is 46.0 Å². The molecule has 0 atom stereocenters. The van der Waals surface area contributed by atoms with Crippen LogP contribution in [0, 0.1) is 0 Å². The van der Waals surface area contributed by atoms with Crippen molar-refractivity contribution in [1.29, 1.82) is 0 Å². The zero-order chi connectivity index (χ0) is 28.6. The number of methoxy groups -OCH3 is 1. The standard InChI is InChI=1S/C25H26ClN9O5/c1-4-34(5-2)14-18-21(29-33-35(18)23-22(27)31-40-32-23)24(36)30-28-13-15-6-11-19(20(12-15)38-3)39-25(37)16-7-9-17(26)10-8-16/h6-13H,4-5,14H2,1-3H3,(H2,27,31)(H,30,36). The van der Waals surface area contributed by atoms with Crippen molar-refractivity contribution < 1.29 is 23.7 Å². The first-order chi connectivity index (χ1) is 19.3. The van der Waals surface area contributed by atoms with Gasteiger partial charge < -0.3 is 15.2 Å². The molecular formula is C25H26ClN9O5. The lowest BCUT2D eigenvalue weighted by atomic mass is 10.2. The number of rotatable bonds is 11. The minimum Gasteiger partial charge on any atom is -0.493 e. The van der Waals surface area contributed by atoms with Gasteiger partial charge in [0.25, 0.3) is 5.91 Å². The van der Waals surface area contributed by atoms with Crippen molar-refractivity contribution in [3.8, 4) is 17.3 Å². The van der Waals surface area contributed by atoms with E-state index in [1.165, 1.54) is 18.0 Å². The number of carbonyl (C=O) groups excluding carboxylic acids is 2. The van der Waals surface area contributed by atoms with Crippen LogP contribution in [0.4, 0.5) is 5.82 Å². The SMILES string of the molecule is CCN(CC)Cc1c(C(=O)NN=Cc2ccc(OC(=O)c3ccc(Cl)cc3)c(OC)c2)nnn1-c1nonc1N. The number of halogens is 1. The molecule has 0 unspecified atom stereocenters. The fraction of sp³-hybridized carbons (Fsp3) is 0.240. The molecular weight excluding hydrogens is 542 g/mol. The smallest absolute Gasteiger partial charge is 0.343 e. The van der Waals surface area contributed by atoms with E-state index in [1.54, 1.807) is 42.5 Å². The molecule has 0 bridgehead atoms. The highest BCUT2D eigenvalue weighted by Crippen LogP contribution is 2.28. The van der Waals surface area contributed by atoms with Crippen LogP contribution in [0.5, 0.6) is 11.5 Å². The molecule has 0 saturated carbocycles. The second kappa shape index (κ2) is 12.8. The normalized spacial score (nSPS) is 11.2. The van der Waals surface area contributed by atoms with Crippen molar-refractivity contribution in [2.24, 2.45) is 5.10 Å². The van der Waals surface area contributed by atoms with E-state index in [9.17, 15) is 9.59 Å². The summed E-state index contributed by atoms with van der Waals surface area (Å²) < 4.78 is 16.8. The molecule has 0 aliphatic carbocycles. The lowest BCUT2D eigenvalue weighted by molar-refractivity contribution is 0.0729. The van der Waals surface area contributed by atoms with Crippen LogP contribution in [-0.4, -0.2) is 68.5 Å². The first-order valence-corrected chi connectivity index (χ1v) is 12.5. The van der Waals surface area contributed by atoms with Gasteiger partial charge in [0.15, 0.2) is 17.2 Å². The second-order valence-corrected chi connectivity index (χ2v) is 8.67. The number of benzene rings is 2. The number of esters is 1. The molecule has 3 N–H and O–H groups in total. The molecule has 1 amide bonds. The Labute approximate surface area is 233 Å².